The third-order valence-corrected chi connectivity index (χ3v) is 3.59. The van der Waals surface area contributed by atoms with Crippen molar-refractivity contribution in [3.05, 3.63) is 69.1 Å². The molecule has 0 fully saturated rings. The van der Waals surface area contributed by atoms with Crippen LogP contribution in [-0.2, 0) is 0 Å². The van der Waals surface area contributed by atoms with Gasteiger partial charge in [-0.15, -0.1) is 0 Å². The highest BCUT2D eigenvalue weighted by Crippen LogP contribution is 2.27. The Morgan fingerprint density at radius 3 is 2.55 bits per heavy atom. The number of aromatic amines is 2. The lowest BCUT2D eigenvalue weighted by Crippen LogP contribution is -2.02. The van der Waals surface area contributed by atoms with E-state index in [1.165, 1.54) is 0 Å². The van der Waals surface area contributed by atoms with E-state index in [-0.39, 0.29) is 5.69 Å². The summed E-state index contributed by atoms with van der Waals surface area (Å²) in [5, 5.41) is 10.6. The summed E-state index contributed by atoms with van der Waals surface area (Å²) in [6.07, 6.45) is -0.697. The van der Waals surface area contributed by atoms with Crippen LogP contribution in [0.15, 0.2) is 41.2 Å². The molecule has 102 valence electrons. The number of aryl methyl sites for hydroxylation is 2. The van der Waals surface area contributed by atoms with Crippen molar-refractivity contribution in [1.29, 1.82) is 0 Å². The van der Waals surface area contributed by atoms with Crippen LogP contribution >= 0.6 is 0 Å². The van der Waals surface area contributed by atoms with Crippen molar-refractivity contribution in [3.8, 4) is 0 Å². The number of H-pyrrole nitrogens is 2. The molecule has 0 spiro atoms. The van der Waals surface area contributed by atoms with Crippen LogP contribution in [0.3, 0.4) is 0 Å². The first-order valence-corrected chi connectivity index (χ1v) is 6.52. The van der Waals surface area contributed by atoms with Crippen LogP contribution in [0, 0.1) is 13.8 Å². The number of rotatable bonds is 2. The summed E-state index contributed by atoms with van der Waals surface area (Å²) in [6.45, 7) is 3.98. The van der Waals surface area contributed by atoms with Crippen LogP contribution in [0.5, 0.6) is 0 Å². The molecule has 3 N–H and O–H groups in total. The first-order chi connectivity index (χ1) is 9.54. The summed E-state index contributed by atoms with van der Waals surface area (Å²) in [4.78, 5) is 16.7. The molecule has 3 rings (SSSR count). The van der Waals surface area contributed by atoms with E-state index in [4.69, 9.17) is 0 Å². The molecule has 4 nitrogen and oxygen atoms in total. The fourth-order valence-corrected chi connectivity index (χ4v) is 2.45. The van der Waals surface area contributed by atoms with Crippen LogP contribution in [0.1, 0.15) is 28.4 Å². The molecule has 3 aromatic rings. The summed E-state index contributed by atoms with van der Waals surface area (Å²) in [5.74, 6) is 0. The van der Waals surface area contributed by atoms with Crippen LogP contribution in [0.25, 0.3) is 11.0 Å². The Bertz CT molecular complexity index is 830. The molecule has 2 aromatic carbocycles. The van der Waals surface area contributed by atoms with E-state index in [9.17, 15) is 9.90 Å². The monoisotopic (exact) mass is 268 g/mol. The number of aliphatic hydroxyl groups excluding tert-OH is 1. The first-order valence-electron chi connectivity index (χ1n) is 6.52. The van der Waals surface area contributed by atoms with Crippen molar-refractivity contribution in [2.24, 2.45) is 0 Å². The lowest BCUT2D eigenvalue weighted by molar-refractivity contribution is 0.219. The smallest absolute Gasteiger partial charge is 0.323 e. The zero-order valence-corrected chi connectivity index (χ0v) is 11.4. The van der Waals surface area contributed by atoms with Gasteiger partial charge in [-0.25, -0.2) is 4.79 Å². The molecule has 0 aliphatic carbocycles. The summed E-state index contributed by atoms with van der Waals surface area (Å²) in [5.41, 5.74) is 5.03. The number of imidazole rings is 1. The Balaban J connectivity index is 2.09. The topological polar surface area (TPSA) is 68.9 Å². The number of aliphatic hydroxyl groups is 1. The summed E-state index contributed by atoms with van der Waals surface area (Å²) in [7, 11) is 0. The fraction of sp³-hybridized carbons (Fsp3) is 0.188. The minimum Gasteiger partial charge on any atom is -0.384 e. The van der Waals surface area contributed by atoms with Gasteiger partial charge >= 0.3 is 5.69 Å². The second kappa shape index (κ2) is 4.65. The number of hydrogen-bond donors (Lipinski definition) is 3. The van der Waals surface area contributed by atoms with E-state index < -0.39 is 6.10 Å². The van der Waals surface area contributed by atoms with Crippen LogP contribution in [-0.4, -0.2) is 15.1 Å². The molecule has 1 atom stereocenters. The van der Waals surface area contributed by atoms with Gasteiger partial charge < -0.3 is 15.1 Å². The molecule has 0 aliphatic heterocycles. The average Bonchev–Trinajstić information content (AvgIpc) is 2.79. The molecule has 0 saturated heterocycles. The van der Waals surface area contributed by atoms with E-state index in [0.717, 1.165) is 27.8 Å². The summed E-state index contributed by atoms with van der Waals surface area (Å²) in [6, 6.07) is 11.5. The van der Waals surface area contributed by atoms with Gasteiger partial charge in [-0.05, 0) is 42.7 Å². The Hall–Kier alpha value is -2.33. The molecule has 0 radical (unpaired) electrons. The molecule has 20 heavy (non-hydrogen) atoms. The average molecular weight is 268 g/mol. The fourth-order valence-electron chi connectivity index (χ4n) is 2.45. The second-order valence-corrected chi connectivity index (χ2v) is 5.15. The highest BCUT2D eigenvalue weighted by Gasteiger charge is 2.14. The van der Waals surface area contributed by atoms with Crippen molar-refractivity contribution in [3.63, 3.8) is 0 Å². The quantitative estimate of drug-likeness (QED) is 0.668. The number of aromatic nitrogens is 2. The standard InChI is InChI=1S/C16H16N2O2/c1-9-3-4-10(2)12(7-9)15(19)11-5-6-13-14(8-11)18-16(20)17-13/h3-8,15,19H,1-2H3,(H2,17,18,20). The largest absolute Gasteiger partial charge is 0.384 e. The van der Waals surface area contributed by atoms with Gasteiger partial charge in [-0.2, -0.15) is 0 Å². The SMILES string of the molecule is Cc1ccc(C)c(C(O)c2ccc3[nH]c(=O)[nH]c3c2)c1. The van der Waals surface area contributed by atoms with Gasteiger partial charge in [0.15, 0.2) is 0 Å². The maximum absolute atomic E-state index is 11.3. The highest BCUT2D eigenvalue weighted by atomic mass is 16.3. The molecular formula is C16H16N2O2. The minimum absolute atomic E-state index is 0.238. The van der Waals surface area contributed by atoms with Crippen LogP contribution in [0.4, 0.5) is 0 Å². The third-order valence-electron chi connectivity index (χ3n) is 3.59. The van der Waals surface area contributed by atoms with Crippen LogP contribution in [0.2, 0.25) is 0 Å². The lowest BCUT2D eigenvalue weighted by atomic mass is 9.95. The zero-order chi connectivity index (χ0) is 14.3. The van der Waals surface area contributed by atoms with Gasteiger partial charge in [0.05, 0.1) is 11.0 Å². The van der Waals surface area contributed by atoms with E-state index in [1.807, 2.05) is 38.1 Å². The maximum atomic E-state index is 11.3. The molecule has 4 heteroatoms. The Morgan fingerprint density at radius 2 is 1.75 bits per heavy atom. The van der Waals surface area contributed by atoms with Gasteiger partial charge in [0.25, 0.3) is 0 Å². The van der Waals surface area contributed by atoms with Gasteiger partial charge in [-0.1, -0.05) is 29.8 Å². The number of hydrogen-bond acceptors (Lipinski definition) is 2. The van der Waals surface area contributed by atoms with Gasteiger partial charge in [0.2, 0.25) is 0 Å². The molecule has 0 amide bonds. The van der Waals surface area contributed by atoms with Gasteiger partial charge in [0, 0.05) is 0 Å². The predicted octanol–water partition coefficient (Wildman–Crippen LogP) is 2.55. The van der Waals surface area contributed by atoms with Crippen molar-refractivity contribution in [2.45, 2.75) is 20.0 Å². The summed E-state index contributed by atoms with van der Waals surface area (Å²) < 4.78 is 0. The summed E-state index contributed by atoms with van der Waals surface area (Å²) >= 11 is 0. The molecule has 1 aromatic heterocycles. The molecule has 1 unspecified atom stereocenters. The molecule has 0 saturated carbocycles. The van der Waals surface area contributed by atoms with E-state index in [1.54, 1.807) is 12.1 Å². The van der Waals surface area contributed by atoms with Gasteiger partial charge in [-0.3, -0.25) is 0 Å². The van der Waals surface area contributed by atoms with E-state index >= 15 is 0 Å². The van der Waals surface area contributed by atoms with Crippen molar-refractivity contribution < 1.29 is 5.11 Å². The zero-order valence-electron chi connectivity index (χ0n) is 11.4. The lowest BCUT2D eigenvalue weighted by Gasteiger charge is -2.15. The van der Waals surface area contributed by atoms with Crippen molar-refractivity contribution >= 4 is 11.0 Å². The Kier molecular flexibility index (Phi) is 2.95. The Labute approximate surface area is 116 Å². The predicted molar refractivity (Wildman–Crippen MR) is 78.9 cm³/mol. The number of fused-ring (bicyclic) bond motifs is 1. The molecule has 0 aliphatic rings. The molecular weight excluding hydrogens is 252 g/mol. The number of nitrogens with one attached hydrogen (secondary N) is 2. The molecule has 1 heterocycles. The van der Waals surface area contributed by atoms with Gasteiger partial charge in [0.1, 0.15) is 6.10 Å². The first kappa shape index (κ1) is 12.7. The normalized spacial score (nSPS) is 12.8. The van der Waals surface area contributed by atoms with Crippen molar-refractivity contribution in [1.82, 2.24) is 9.97 Å². The molecule has 0 bridgehead atoms. The second-order valence-electron chi connectivity index (χ2n) is 5.15. The van der Waals surface area contributed by atoms with E-state index in [0.29, 0.717) is 5.52 Å². The van der Waals surface area contributed by atoms with E-state index in [2.05, 4.69) is 9.97 Å². The van der Waals surface area contributed by atoms with Crippen LogP contribution < -0.4 is 5.69 Å². The van der Waals surface area contributed by atoms with Crippen molar-refractivity contribution in [2.75, 3.05) is 0 Å². The highest BCUT2D eigenvalue weighted by molar-refractivity contribution is 5.75. The number of benzene rings is 2. The maximum Gasteiger partial charge on any atom is 0.323 e. The Morgan fingerprint density at radius 1 is 1.00 bits per heavy atom. The third kappa shape index (κ3) is 2.14. The minimum atomic E-state index is -0.697.